The minimum Gasteiger partial charge on any atom is -0.368 e. The van der Waals surface area contributed by atoms with Gasteiger partial charge in [-0.1, -0.05) is 0 Å². The zero-order valence-electron chi connectivity index (χ0n) is 11.2. The second-order valence-corrected chi connectivity index (χ2v) is 7.38. The number of aryl methyl sites for hydroxylation is 1. The fourth-order valence-corrected chi connectivity index (χ4v) is 4.38. The Morgan fingerprint density at radius 1 is 1.42 bits per heavy atom. The molecule has 0 aliphatic carbocycles. The second-order valence-electron chi connectivity index (χ2n) is 4.74. The molecule has 0 spiro atoms. The zero-order chi connectivity index (χ0) is 13.2. The van der Waals surface area contributed by atoms with E-state index in [1.807, 2.05) is 7.05 Å². The largest absolute Gasteiger partial charge is 0.368 e. The molecule has 3 heterocycles. The molecular formula is C13H18N4S2. The maximum Gasteiger partial charge on any atom is 0.225 e. The predicted octanol–water partition coefficient (Wildman–Crippen LogP) is 3.35. The topological polar surface area (TPSA) is 49.8 Å². The van der Waals surface area contributed by atoms with E-state index in [1.165, 1.54) is 23.5 Å². The Bertz CT molecular complexity index is 575. The van der Waals surface area contributed by atoms with Gasteiger partial charge in [0.1, 0.15) is 10.6 Å². The number of rotatable bonds is 4. The molecule has 4 nitrogen and oxygen atoms in total. The van der Waals surface area contributed by atoms with Gasteiger partial charge in [0.05, 0.1) is 5.39 Å². The van der Waals surface area contributed by atoms with Crippen LogP contribution in [0.1, 0.15) is 17.7 Å². The predicted molar refractivity (Wildman–Crippen MR) is 85.7 cm³/mol. The summed E-state index contributed by atoms with van der Waals surface area (Å²) in [4.78, 5) is 11.4. The van der Waals surface area contributed by atoms with E-state index < -0.39 is 0 Å². The molecule has 102 valence electrons. The van der Waals surface area contributed by atoms with Gasteiger partial charge in [0.15, 0.2) is 0 Å². The van der Waals surface area contributed by atoms with Gasteiger partial charge in [-0.2, -0.15) is 16.7 Å². The van der Waals surface area contributed by atoms with Crippen LogP contribution in [0.5, 0.6) is 0 Å². The quantitative estimate of drug-likeness (QED) is 0.905. The van der Waals surface area contributed by atoms with Crippen LogP contribution in [0.2, 0.25) is 0 Å². The van der Waals surface area contributed by atoms with E-state index in [9.17, 15) is 0 Å². The van der Waals surface area contributed by atoms with Crippen molar-refractivity contribution in [1.29, 1.82) is 0 Å². The summed E-state index contributed by atoms with van der Waals surface area (Å²) in [5, 5.41) is 8.42. The van der Waals surface area contributed by atoms with Gasteiger partial charge >= 0.3 is 0 Å². The first-order valence-electron chi connectivity index (χ1n) is 6.57. The highest BCUT2D eigenvalue weighted by molar-refractivity contribution is 8.00. The molecule has 0 saturated carbocycles. The maximum atomic E-state index is 4.56. The molecule has 1 saturated heterocycles. The van der Waals surface area contributed by atoms with Crippen molar-refractivity contribution >= 4 is 45.1 Å². The summed E-state index contributed by atoms with van der Waals surface area (Å²) >= 11 is 3.78. The summed E-state index contributed by atoms with van der Waals surface area (Å²) < 4.78 is 0. The number of aromatic nitrogens is 2. The Kier molecular flexibility index (Phi) is 3.79. The van der Waals surface area contributed by atoms with E-state index in [4.69, 9.17) is 0 Å². The molecule has 2 aromatic heterocycles. The number of anilines is 2. The van der Waals surface area contributed by atoms with E-state index in [2.05, 4.69) is 45.4 Å². The summed E-state index contributed by atoms with van der Waals surface area (Å²) in [5.74, 6) is 2.95. The Hall–Kier alpha value is -1.01. The van der Waals surface area contributed by atoms with Crippen molar-refractivity contribution in [3.63, 3.8) is 0 Å². The van der Waals surface area contributed by atoms with Crippen LogP contribution in [0.4, 0.5) is 11.8 Å². The van der Waals surface area contributed by atoms with E-state index in [0.717, 1.165) is 27.8 Å². The molecule has 1 aliphatic heterocycles. The number of hydrogen-bond acceptors (Lipinski definition) is 6. The summed E-state index contributed by atoms with van der Waals surface area (Å²) in [6.45, 7) is 3.11. The summed E-state index contributed by atoms with van der Waals surface area (Å²) in [6.07, 6.45) is 2.66. The van der Waals surface area contributed by atoms with E-state index in [1.54, 1.807) is 11.3 Å². The van der Waals surface area contributed by atoms with Crippen molar-refractivity contribution in [3.05, 3.63) is 10.9 Å². The monoisotopic (exact) mass is 294 g/mol. The van der Waals surface area contributed by atoms with Gasteiger partial charge in [-0.05, 0) is 31.6 Å². The van der Waals surface area contributed by atoms with Crippen molar-refractivity contribution in [3.8, 4) is 0 Å². The molecular weight excluding hydrogens is 276 g/mol. The minimum atomic E-state index is 0.691. The van der Waals surface area contributed by atoms with Crippen LogP contribution >= 0.6 is 23.1 Å². The molecule has 1 fully saturated rings. The molecule has 1 atom stereocenters. The highest BCUT2D eigenvalue weighted by atomic mass is 32.2. The molecule has 0 amide bonds. The number of fused-ring (bicyclic) bond motifs is 1. The van der Waals surface area contributed by atoms with Gasteiger partial charge in [-0.15, -0.1) is 11.3 Å². The van der Waals surface area contributed by atoms with Gasteiger partial charge in [-0.25, -0.2) is 4.98 Å². The van der Waals surface area contributed by atoms with Crippen LogP contribution in [0, 0.1) is 6.92 Å². The number of hydrogen-bond donors (Lipinski definition) is 2. The highest BCUT2D eigenvalue weighted by Gasteiger charge is 2.16. The van der Waals surface area contributed by atoms with Crippen LogP contribution in [0.3, 0.4) is 0 Å². The molecule has 0 bridgehead atoms. The molecule has 1 unspecified atom stereocenters. The standard InChI is InChI=1S/C13H18N4S2/c1-8-6-10-11(15-7-9-4-3-5-18-9)16-13(14-2)17-12(10)19-8/h6,9H,3-5,7H2,1-2H3,(H2,14,15,16,17). The van der Waals surface area contributed by atoms with Crippen LogP contribution in [0.25, 0.3) is 10.2 Å². The van der Waals surface area contributed by atoms with Gasteiger partial charge in [-0.3, -0.25) is 0 Å². The lowest BCUT2D eigenvalue weighted by molar-refractivity contribution is 0.804. The Morgan fingerprint density at radius 3 is 3.05 bits per heavy atom. The number of nitrogens with one attached hydrogen (secondary N) is 2. The van der Waals surface area contributed by atoms with Gasteiger partial charge in [0.25, 0.3) is 0 Å². The van der Waals surface area contributed by atoms with Crippen molar-refractivity contribution in [2.45, 2.75) is 25.0 Å². The summed E-state index contributed by atoms with van der Waals surface area (Å²) in [7, 11) is 1.86. The Labute approximate surface area is 121 Å². The third kappa shape index (κ3) is 2.79. The number of nitrogens with zero attached hydrogens (tertiary/aromatic N) is 2. The lowest BCUT2D eigenvalue weighted by Gasteiger charge is -2.12. The van der Waals surface area contributed by atoms with Crippen molar-refractivity contribution in [2.24, 2.45) is 0 Å². The third-order valence-corrected chi connectivity index (χ3v) is 5.60. The molecule has 3 rings (SSSR count). The normalized spacial score (nSPS) is 18.9. The fraction of sp³-hybridized carbons (Fsp3) is 0.538. The molecule has 6 heteroatoms. The average molecular weight is 294 g/mol. The van der Waals surface area contributed by atoms with E-state index in [-0.39, 0.29) is 0 Å². The molecule has 0 aromatic carbocycles. The van der Waals surface area contributed by atoms with Gasteiger partial charge in [0.2, 0.25) is 5.95 Å². The molecule has 0 radical (unpaired) electrons. The van der Waals surface area contributed by atoms with Gasteiger partial charge in [0, 0.05) is 23.7 Å². The SMILES string of the molecule is CNc1nc(NCC2CCCS2)c2cc(C)sc2n1. The van der Waals surface area contributed by atoms with E-state index in [0.29, 0.717) is 5.95 Å². The summed E-state index contributed by atoms with van der Waals surface area (Å²) in [6, 6.07) is 2.17. The van der Waals surface area contributed by atoms with Crippen LogP contribution in [-0.2, 0) is 0 Å². The Morgan fingerprint density at radius 2 is 2.32 bits per heavy atom. The molecule has 2 aromatic rings. The van der Waals surface area contributed by atoms with Crippen LogP contribution in [-0.4, -0.2) is 34.6 Å². The maximum absolute atomic E-state index is 4.56. The van der Waals surface area contributed by atoms with Crippen LogP contribution < -0.4 is 10.6 Å². The zero-order valence-corrected chi connectivity index (χ0v) is 12.8. The first-order valence-corrected chi connectivity index (χ1v) is 8.44. The molecule has 1 aliphatic rings. The van der Waals surface area contributed by atoms with Crippen LogP contribution in [0.15, 0.2) is 6.07 Å². The van der Waals surface area contributed by atoms with Crippen molar-refractivity contribution in [1.82, 2.24) is 9.97 Å². The number of thioether (sulfide) groups is 1. The number of thiophene rings is 1. The second kappa shape index (κ2) is 5.54. The van der Waals surface area contributed by atoms with Crippen molar-refractivity contribution in [2.75, 3.05) is 30.0 Å². The highest BCUT2D eigenvalue weighted by Crippen LogP contribution is 2.31. The first kappa shape index (κ1) is 13.0. The summed E-state index contributed by atoms with van der Waals surface area (Å²) in [5.41, 5.74) is 0. The first-order chi connectivity index (χ1) is 9.26. The Balaban J connectivity index is 1.86. The molecule has 19 heavy (non-hydrogen) atoms. The van der Waals surface area contributed by atoms with Gasteiger partial charge < -0.3 is 10.6 Å². The minimum absolute atomic E-state index is 0.691. The lowest BCUT2D eigenvalue weighted by Crippen LogP contribution is -2.15. The average Bonchev–Trinajstić information content (AvgIpc) is 3.03. The smallest absolute Gasteiger partial charge is 0.225 e. The third-order valence-electron chi connectivity index (χ3n) is 3.26. The van der Waals surface area contributed by atoms with Crippen molar-refractivity contribution < 1.29 is 0 Å². The molecule has 2 N–H and O–H groups in total. The van der Waals surface area contributed by atoms with E-state index >= 15 is 0 Å². The fourth-order valence-electron chi connectivity index (χ4n) is 2.30. The lowest BCUT2D eigenvalue weighted by atomic mass is 10.2.